The maximum absolute atomic E-state index is 12.8. The van der Waals surface area contributed by atoms with Crippen LogP contribution >= 0.6 is 27.5 Å². The first-order valence-corrected chi connectivity index (χ1v) is 11.0. The number of hydrogen-bond acceptors (Lipinski definition) is 3. The monoisotopic (exact) mass is 458 g/mol. The van der Waals surface area contributed by atoms with Gasteiger partial charge in [0.15, 0.2) is 0 Å². The highest BCUT2D eigenvalue weighted by atomic mass is 79.9. The molecule has 140 valence electrons. The Hall–Kier alpha value is -1.57. The van der Waals surface area contributed by atoms with Crippen molar-refractivity contribution >= 4 is 54.8 Å². The number of anilines is 2. The van der Waals surface area contributed by atoms with Crippen LogP contribution in [0, 0.1) is 6.92 Å². The summed E-state index contributed by atoms with van der Waals surface area (Å²) in [5, 5.41) is 3.20. The summed E-state index contributed by atoms with van der Waals surface area (Å²) in [4.78, 5) is 12.8. The van der Waals surface area contributed by atoms with Crippen molar-refractivity contribution in [2.45, 2.75) is 26.3 Å². The number of aryl methyl sites for hydroxylation is 1. The van der Waals surface area contributed by atoms with Gasteiger partial charge in [0.2, 0.25) is 15.9 Å². The van der Waals surface area contributed by atoms with E-state index in [4.69, 9.17) is 11.6 Å². The van der Waals surface area contributed by atoms with Crippen molar-refractivity contribution in [3.05, 3.63) is 57.5 Å². The van der Waals surface area contributed by atoms with Gasteiger partial charge in [-0.25, -0.2) is 8.42 Å². The van der Waals surface area contributed by atoms with Crippen LogP contribution in [-0.4, -0.2) is 26.6 Å². The van der Waals surface area contributed by atoms with Crippen molar-refractivity contribution in [3.8, 4) is 0 Å². The molecule has 1 N–H and O–H groups in total. The summed E-state index contributed by atoms with van der Waals surface area (Å²) in [5.41, 5.74) is 1.92. The third kappa shape index (κ3) is 4.99. The molecule has 2 aromatic carbocycles. The van der Waals surface area contributed by atoms with Gasteiger partial charge in [-0.1, -0.05) is 40.5 Å². The van der Waals surface area contributed by atoms with Gasteiger partial charge in [-0.05, 0) is 55.3 Å². The van der Waals surface area contributed by atoms with Crippen LogP contribution in [0.25, 0.3) is 0 Å². The zero-order chi connectivity index (χ0) is 19.5. The van der Waals surface area contributed by atoms with Crippen LogP contribution in [0.4, 0.5) is 11.4 Å². The summed E-state index contributed by atoms with van der Waals surface area (Å²) in [6, 6.07) is 11.0. The normalized spacial score (nSPS) is 12.5. The van der Waals surface area contributed by atoms with Crippen LogP contribution in [0.2, 0.25) is 5.02 Å². The smallest absolute Gasteiger partial charge is 0.248 e. The van der Waals surface area contributed by atoms with E-state index in [9.17, 15) is 13.2 Å². The maximum atomic E-state index is 12.8. The molecule has 26 heavy (non-hydrogen) atoms. The first kappa shape index (κ1) is 20.7. The summed E-state index contributed by atoms with van der Waals surface area (Å²) < 4.78 is 26.8. The molecule has 0 bridgehead atoms. The molecular weight excluding hydrogens is 440 g/mol. The summed E-state index contributed by atoms with van der Waals surface area (Å²) in [6.45, 7) is 3.67. The molecule has 2 aromatic rings. The molecule has 0 heterocycles. The minimum atomic E-state index is -3.69. The van der Waals surface area contributed by atoms with E-state index in [0.29, 0.717) is 22.8 Å². The van der Waals surface area contributed by atoms with Gasteiger partial charge in [0.1, 0.15) is 6.04 Å². The second-order valence-electron chi connectivity index (χ2n) is 5.92. The Kier molecular flexibility index (Phi) is 6.71. The number of sulfonamides is 1. The summed E-state index contributed by atoms with van der Waals surface area (Å²) >= 11 is 9.41. The number of benzene rings is 2. The Morgan fingerprint density at radius 3 is 2.50 bits per heavy atom. The van der Waals surface area contributed by atoms with E-state index < -0.39 is 22.0 Å². The Bertz CT molecular complexity index is 918. The second-order valence-corrected chi connectivity index (χ2v) is 9.07. The van der Waals surface area contributed by atoms with Crippen LogP contribution in [0.1, 0.15) is 18.9 Å². The third-order valence-corrected chi connectivity index (χ3v) is 6.12. The van der Waals surface area contributed by atoms with Gasteiger partial charge in [-0.15, -0.1) is 0 Å². The summed E-state index contributed by atoms with van der Waals surface area (Å²) in [5.74, 6) is -0.403. The molecule has 0 radical (unpaired) electrons. The van der Waals surface area contributed by atoms with Gasteiger partial charge in [0.25, 0.3) is 0 Å². The van der Waals surface area contributed by atoms with Gasteiger partial charge >= 0.3 is 0 Å². The largest absolute Gasteiger partial charge is 0.324 e. The van der Waals surface area contributed by atoms with Gasteiger partial charge in [0.05, 0.1) is 11.9 Å². The van der Waals surface area contributed by atoms with Crippen molar-refractivity contribution in [3.63, 3.8) is 0 Å². The fourth-order valence-corrected chi connectivity index (χ4v) is 4.26. The quantitative estimate of drug-likeness (QED) is 0.687. The SMILES string of the molecule is CC[C@H](C(=O)Nc1ccc(Br)c(C)c1)N(c1cccc(Cl)c1)S(C)(=O)=O. The minimum Gasteiger partial charge on any atom is -0.324 e. The van der Waals surface area contributed by atoms with E-state index in [2.05, 4.69) is 21.2 Å². The zero-order valence-electron chi connectivity index (χ0n) is 14.7. The molecule has 5 nitrogen and oxygen atoms in total. The number of hydrogen-bond donors (Lipinski definition) is 1. The number of nitrogens with one attached hydrogen (secondary N) is 1. The summed E-state index contributed by atoms with van der Waals surface area (Å²) in [6.07, 6.45) is 1.38. The maximum Gasteiger partial charge on any atom is 0.248 e. The molecule has 0 unspecified atom stereocenters. The van der Waals surface area contributed by atoms with Crippen molar-refractivity contribution in [1.29, 1.82) is 0 Å². The average Bonchev–Trinajstić information content (AvgIpc) is 2.54. The highest BCUT2D eigenvalue weighted by Crippen LogP contribution is 2.26. The number of rotatable bonds is 6. The number of nitrogens with zero attached hydrogens (tertiary/aromatic N) is 1. The Labute approximate surface area is 167 Å². The van der Waals surface area contributed by atoms with E-state index in [0.717, 1.165) is 20.6 Å². The zero-order valence-corrected chi connectivity index (χ0v) is 17.8. The molecule has 0 aliphatic heterocycles. The van der Waals surface area contributed by atoms with Gasteiger partial charge in [0, 0.05) is 15.2 Å². The number of halogens is 2. The molecule has 0 saturated carbocycles. The third-order valence-electron chi connectivity index (χ3n) is 3.82. The van der Waals surface area contributed by atoms with E-state index in [1.165, 1.54) is 6.07 Å². The lowest BCUT2D eigenvalue weighted by molar-refractivity contribution is -0.117. The lowest BCUT2D eigenvalue weighted by Crippen LogP contribution is -2.47. The van der Waals surface area contributed by atoms with Crippen LogP contribution in [0.3, 0.4) is 0 Å². The molecule has 1 amide bonds. The average molecular weight is 460 g/mol. The Morgan fingerprint density at radius 2 is 1.96 bits per heavy atom. The molecule has 0 aliphatic rings. The lowest BCUT2D eigenvalue weighted by atomic mass is 10.1. The predicted molar refractivity (Wildman–Crippen MR) is 110 cm³/mol. The second kappa shape index (κ2) is 8.41. The van der Waals surface area contributed by atoms with Gasteiger partial charge in [-0.2, -0.15) is 0 Å². The van der Waals surface area contributed by atoms with Crippen molar-refractivity contribution < 1.29 is 13.2 Å². The van der Waals surface area contributed by atoms with Crippen LogP contribution in [-0.2, 0) is 14.8 Å². The van der Waals surface area contributed by atoms with Crippen molar-refractivity contribution in [2.24, 2.45) is 0 Å². The molecule has 1 atom stereocenters. The topological polar surface area (TPSA) is 66.5 Å². The Morgan fingerprint density at radius 1 is 1.27 bits per heavy atom. The van der Waals surface area contributed by atoms with Crippen LogP contribution < -0.4 is 9.62 Å². The highest BCUT2D eigenvalue weighted by molar-refractivity contribution is 9.10. The van der Waals surface area contributed by atoms with Crippen molar-refractivity contribution in [2.75, 3.05) is 15.9 Å². The van der Waals surface area contributed by atoms with E-state index in [-0.39, 0.29) is 0 Å². The molecule has 0 saturated heterocycles. The molecular formula is C18H20BrClN2O3S. The van der Waals surface area contributed by atoms with E-state index >= 15 is 0 Å². The molecule has 0 spiro atoms. The fourth-order valence-electron chi connectivity index (χ4n) is 2.62. The highest BCUT2D eigenvalue weighted by Gasteiger charge is 2.31. The molecule has 8 heteroatoms. The fraction of sp³-hybridized carbons (Fsp3) is 0.278. The van der Waals surface area contributed by atoms with E-state index in [1.54, 1.807) is 31.2 Å². The standard InChI is InChI=1S/C18H20BrClN2O3S/c1-4-17(18(23)21-14-8-9-16(19)12(2)10-14)22(26(3,24)25)15-7-5-6-13(20)11-15/h5-11,17H,4H2,1-3H3,(H,21,23)/t17-/m1/s1. The van der Waals surface area contributed by atoms with Gasteiger partial charge in [-0.3, -0.25) is 9.10 Å². The molecule has 0 aliphatic carbocycles. The molecule has 2 rings (SSSR count). The Balaban J connectivity index is 2.38. The molecule has 0 aromatic heterocycles. The molecule has 0 fully saturated rings. The summed E-state index contributed by atoms with van der Waals surface area (Å²) in [7, 11) is -3.69. The van der Waals surface area contributed by atoms with Gasteiger partial charge < -0.3 is 5.32 Å². The van der Waals surface area contributed by atoms with Crippen LogP contribution in [0.5, 0.6) is 0 Å². The lowest BCUT2D eigenvalue weighted by Gasteiger charge is -2.30. The van der Waals surface area contributed by atoms with Crippen LogP contribution in [0.15, 0.2) is 46.9 Å². The van der Waals surface area contributed by atoms with Crippen molar-refractivity contribution in [1.82, 2.24) is 0 Å². The minimum absolute atomic E-state index is 0.306. The number of amides is 1. The number of carbonyl (C=O) groups excluding carboxylic acids is 1. The number of carbonyl (C=O) groups is 1. The predicted octanol–water partition coefficient (Wildman–Crippen LogP) is 4.59. The first-order valence-electron chi connectivity index (χ1n) is 7.95. The van der Waals surface area contributed by atoms with E-state index in [1.807, 2.05) is 19.1 Å². The first-order chi connectivity index (χ1) is 12.1.